The first-order valence-electron chi connectivity index (χ1n) is 11.3. The summed E-state index contributed by atoms with van der Waals surface area (Å²) in [6.45, 7) is 1.10. The molecule has 0 bridgehead atoms. The molecule has 3 amide bonds. The van der Waals surface area contributed by atoms with Crippen LogP contribution in [0.25, 0.3) is 5.69 Å². The smallest absolute Gasteiger partial charge is 0.277 e. The number of benzene rings is 2. The zero-order valence-electron chi connectivity index (χ0n) is 19.3. The van der Waals surface area contributed by atoms with Gasteiger partial charge in [0.1, 0.15) is 11.4 Å². The third kappa shape index (κ3) is 4.35. The van der Waals surface area contributed by atoms with E-state index in [0.29, 0.717) is 54.3 Å². The van der Waals surface area contributed by atoms with Gasteiger partial charge in [0.15, 0.2) is 5.69 Å². The lowest BCUT2D eigenvalue weighted by molar-refractivity contribution is -0.119. The number of piperidine rings is 1. The van der Waals surface area contributed by atoms with Crippen LogP contribution in [0, 0.1) is 0 Å². The molecule has 0 unspecified atom stereocenters. The standard InChI is InChI=1S/C25H25N5O4.ClH/c1-34-19-11-9-18(10-12-19)30-23-20(22(27-30)24(26)32)13-15-29(25(23)33)17-7-5-16(6-8-17)28-14-3-2-4-21(28)31;/h5-12H,2-4,13-15H2,1H3,(H2,26,32);1H. The molecule has 2 N–H and O–H groups in total. The normalized spacial score (nSPS) is 15.5. The summed E-state index contributed by atoms with van der Waals surface area (Å²) in [6.07, 6.45) is 2.92. The number of ether oxygens (including phenoxy) is 1. The Balaban J connectivity index is 0.00000289. The van der Waals surface area contributed by atoms with Crippen LogP contribution in [0.1, 0.15) is 45.8 Å². The number of hydrogen-bond donors (Lipinski definition) is 1. The van der Waals surface area contributed by atoms with Crippen molar-refractivity contribution in [2.45, 2.75) is 25.7 Å². The van der Waals surface area contributed by atoms with Crippen molar-refractivity contribution in [1.82, 2.24) is 9.78 Å². The molecule has 2 aromatic carbocycles. The number of amides is 3. The second-order valence-corrected chi connectivity index (χ2v) is 8.38. The predicted molar refractivity (Wildman–Crippen MR) is 134 cm³/mol. The fourth-order valence-corrected chi connectivity index (χ4v) is 4.61. The molecule has 182 valence electrons. The van der Waals surface area contributed by atoms with Crippen LogP contribution in [0.2, 0.25) is 0 Å². The van der Waals surface area contributed by atoms with Gasteiger partial charge in [0.05, 0.1) is 12.8 Å². The topological polar surface area (TPSA) is 111 Å². The highest BCUT2D eigenvalue weighted by Gasteiger charge is 2.34. The number of aromatic nitrogens is 2. The number of nitrogens with two attached hydrogens (primary N) is 1. The number of halogens is 1. The molecule has 2 aliphatic rings. The SMILES string of the molecule is COc1ccc(-n2nc(C(N)=O)c3c2C(=O)N(c2ccc(N4CCCCC4=O)cc2)CC3)cc1.Cl. The van der Waals surface area contributed by atoms with Crippen LogP contribution in [-0.2, 0) is 11.2 Å². The summed E-state index contributed by atoms with van der Waals surface area (Å²) < 4.78 is 6.69. The second kappa shape index (κ2) is 9.79. The lowest BCUT2D eigenvalue weighted by atomic mass is 10.0. The summed E-state index contributed by atoms with van der Waals surface area (Å²) in [5.74, 6) is -0.139. The predicted octanol–water partition coefficient (Wildman–Crippen LogP) is 3.12. The van der Waals surface area contributed by atoms with Crippen LogP contribution in [0.15, 0.2) is 48.5 Å². The monoisotopic (exact) mass is 495 g/mol. The van der Waals surface area contributed by atoms with Gasteiger partial charge in [0.25, 0.3) is 11.8 Å². The van der Waals surface area contributed by atoms with Crippen LogP contribution >= 0.6 is 12.4 Å². The number of hydrogen-bond acceptors (Lipinski definition) is 5. The van der Waals surface area contributed by atoms with Gasteiger partial charge in [-0.1, -0.05) is 0 Å². The largest absolute Gasteiger partial charge is 0.497 e. The third-order valence-corrected chi connectivity index (χ3v) is 6.36. The van der Waals surface area contributed by atoms with E-state index in [0.717, 1.165) is 18.5 Å². The minimum Gasteiger partial charge on any atom is -0.497 e. The average molecular weight is 496 g/mol. The molecule has 3 aromatic rings. The van der Waals surface area contributed by atoms with Crippen molar-refractivity contribution >= 4 is 41.5 Å². The first-order valence-corrected chi connectivity index (χ1v) is 11.3. The van der Waals surface area contributed by atoms with E-state index >= 15 is 0 Å². The maximum Gasteiger partial charge on any atom is 0.277 e. The van der Waals surface area contributed by atoms with Gasteiger partial charge < -0.3 is 20.3 Å². The molecule has 0 radical (unpaired) electrons. The Morgan fingerprint density at radius 1 is 0.886 bits per heavy atom. The van der Waals surface area contributed by atoms with Crippen LogP contribution in [0.4, 0.5) is 11.4 Å². The molecule has 2 aliphatic heterocycles. The van der Waals surface area contributed by atoms with Gasteiger partial charge >= 0.3 is 0 Å². The molecule has 0 aliphatic carbocycles. The van der Waals surface area contributed by atoms with E-state index in [4.69, 9.17) is 10.5 Å². The van der Waals surface area contributed by atoms with Gasteiger partial charge in [0.2, 0.25) is 5.91 Å². The number of fused-ring (bicyclic) bond motifs is 1. The third-order valence-electron chi connectivity index (χ3n) is 6.36. The summed E-state index contributed by atoms with van der Waals surface area (Å²) in [4.78, 5) is 41.4. The van der Waals surface area contributed by atoms with E-state index in [9.17, 15) is 14.4 Å². The van der Waals surface area contributed by atoms with E-state index in [2.05, 4.69) is 5.10 Å². The maximum atomic E-state index is 13.6. The van der Waals surface area contributed by atoms with Crippen LogP contribution in [-0.4, -0.2) is 47.7 Å². The van der Waals surface area contributed by atoms with E-state index < -0.39 is 5.91 Å². The van der Waals surface area contributed by atoms with E-state index in [1.54, 1.807) is 41.2 Å². The Bertz CT molecular complexity index is 1270. The van der Waals surface area contributed by atoms with Crippen molar-refractivity contribution in [2.75, 3.05) is 30.0 Å². The van der Waals surface area contributed by atoms with Gasteiger partial charge in [-0.2, -0.15) is 5.10 Å². The van der Waals surface area contributed by atoms with E-state index in [1.807, 2.05) is 24.3 Å². The molecular weight excluding hydrogens is 470 g/mol. The lowest BCUT2D eigenvalue weighted by Gasteiger charge is -2.29. The van der Waals surface area contributed by atoms with Crippen molar-refractivity contribution in [3.8, 4) is 11.4 Å². The van der Waals surface area contributed by atoms with Crippen LogP contribution < -0.4 is 20.3 Å². The number of anilines is 2. The molecule has 0 spiro atoms. The lowest BCUT2D eigenvalue weighted by Crippen LogP contribution is -2.39. The molecule has 3 heterocycles. The number of carbonyl (C=O) groups excluding carboxylic acids is 3. The average Bonchev–Trinajstić information content (AvgIpc) is 3.26. The summed E-state index contributed by atoms with van der Waals surface area (Å²) >= 11 is 0. The fourth-order valence-electron chi connectivity index (χ4n) is 4.61. The van der Waals surface area contributed by atoms with Crippen molar-refractivity contribution in [3.63, 3.8) is 0 Å². The van der Waals surface area contributed by atoms with Crippen molar-refractivity contribution in [3.05, 3.63) is 65.5 Å². The number of rotatable bonds is 5. The molecular formula is C25H26ClN5O4. The first-order chi connectivity index (χ1) is 16.5. The highest BCUT2D eigenvalue weighted by molar-refractivity contribution is 6.09. The molecule has 35 heavy (non-hydrogen) atoms. The minimum atomic E-state index is -0.666. The van der Waals surface area contributed by atoms with Crippen molar-refractivity contribution < 1.29 is 19.1 Å². The Morgan fingerprint density at radius 3 is 2.11 bits per heavy atom. The summed E-state index contributed by atoms with van der Waals surface area (Å²) in [5.41, 5.74) is 8.73. The van der Waals surface area contributed by atoms with Crippen molar-refractivity contribution in [1.29, 1.82) is 0 Å². The fraction of sp³-hybridized carbons (Fsp3) is 0.280. The molecule has 0 saturated carbocycles. The maximum absolute atomic E-state index is 13.6. The highest BCUT2D eigenvalue weighted by Crippen LogP contribution is 2.31. The molecule has 1 saturated heterocycles. The zero-order chi connectivity index (χ0) is 23.8. The molecule has 9 nitrogen and oxygen atoms in total. The second-order valence-electron chi connectivity index (χ2n) is 8.38. The van der Waals surface area contributed by atoms with Gasteiger partial charge in [-0.25, -0.2) is 4.68 Å². The molecule has 1 aromatic heterocycles. The minimum absolute atomic E-state index is 0. The molecule has 5 rings (SSSR count). The Morgan fingerprint density at radius 2 is 1.51 bits per heavy atom. The van der Waals surface area contributed by atoms with Crippen LogP contribution in [0.5, 0.6) is 5.75 Å². The Labute approximate surface area is 208 Å². The quantitative estimate of drug-likeness (QED) is 0.584. The number of primary amides is 1. The van der Waals surface area contributed by atoms with Gasteiger partial charge in [-0.05, 0) is 67.8 Å². The summed E-state index contributed by atoms with van der Waals surface area (Å²) in [6, 6.07) is 14.5. The molecule has 1 fully saturated rings. The van der Waals surface area contributed by atoms with Gasteiger partial charge in [0, 0.05) is 36.4 Å². The number of nitrogens with zero attached hydrogens (tertiary/aromatic N) is 4. The van der Waals surface area contributed by atoms with Gasteiger partial charge in [-0.3, -0.25) is 14.4 Å². The number of carbonyl (C=O) groups is 3. The van der Waals surface area contributed by atoms with E-state index in [1.165, 1.54) is 4.68 Å². The van der Waals surface area contributed by atoms with Gasteiger partial charge in [-0.15, -0.1) is 12.4 Å². The van der Waals surface area contributed by atoms with Crippen molar-refractivity contribution in [2.24, 2.45) is 5.73 Å². The zero-order valence-corrected chi connectivity index (χ0v) is 20.1. The Kier molecular flexibility index (Phi) is 6.79. The van der Waals surface area contributed by atoms with E-state index in [-0.39, 0.29) is 29.9 Å². The molecule has 0 atom stereocenters. The van der Waals surface area contributed by atoms with Crippen LogP contribution in [0.3, 0.4) is 0 Å². The first kappa shape index (κ1) is 24.3. The summed E-state index contributed by atoms with van der Waals surface area (Å²) in [7, 11) is 1.57. The Hall–Kier alpha value is -3.85. The highest BCUT2D eigenvalue weighted by atomic mass is 35.5. The summed E-state index contributed by atoms with van der Waals surface area (Å²) in [5, 5.41) is 4.39. The molecule has 10 heteroatoms. The number of methoxy groups -OCH3 is 1.